The van der Waals surface area contributed by atoms with Crippen LogP contribution in [0.25, 0.3) is 0 Å². The highest BCUT2D eigenvalue weighted by atomic mass is 19.1. The molecular weight excluding hydrogens is 341 g/mol. The predicted octanol–water partition coefficient (Wildman–Crippen LogP) is 4.13. The fourth-order valence-corrected chi connectivity index (χ4v) is 3.50. The van der Waals surface area contributed by atoms with E-state index >= 15 is 0 Å². The van der Waals surface area contributed by atoms with Gasteiger partial charge in [-0.2, -0.15) is 0 Å². The minimum absolute atomic E-state index is 0.191. The molecule has 1 aliphatic heterocycles. The van der Waals surface area contributed by atoms with E-state index in [4.69, 9.17) is 4.98 Å². The molecule has 1 aliphatic rings. The van der Waals surface area contributed by atoms with Gasteiger partial charge in [-0.05, 0) is 55.3 Å². The Morgan fingerprint density at radius 1 is 1.04 bits per heavy atom. The Labute approximate surface area is 158 Å². The number of hydrogen-bond donors (Lipinski definition) is 1. The number of piperidine rings is 1. The van der Waals surface area contributed by atoms with Gasteiger partial charge in [0.25, 0.3) is 0 Å². The van der Waals surface area contributed by atoms with E-state index < -0.39 is 0 Å². The number of hydrogen-bond acceptors (Lipinski definition) is 5. The van der Waals surface area contributed by atoms with Crippen molar-refractivity contribution in [2.45, 2.75) is 25.3 Å². The van der Waals surface area contributed by atoms with Gasteiger partial charge in [0.15, 0.2) is 0 Å². The Morgan fingerprint density at radius 3 is 2.74 bits per heavy atom. The van der Waals surface area contributed by atoms with Crippen LogP contribution >= 0.6 is 0 Å². The average Bonchev–Trinajstić information content (AvgIpc) is 2.71. The van der Waals surface area contributed by atoms with E-state index in [1.54, 1.807) is 12.4 Å². The number of nitrogens with one attached hydrogen (secondary N) is 1. The molecule has 0 radical (unpaired) electrons. The zero-order chi connectivity index (χ0) is 18.5. The lowest BCUT2D eigenvalue weighted by molar-refractivity contribution is 0.198. The highest BCUT2D eigenvalue weighted by Crippen LogP contribution is 2.27. The molecule has 27 heavy (non-hydrogen) atoms. The van der Waals surface area contributed by atoms with Crippen molar-refractivity contribution >= 4 is 11.8 Å². The minimum atomic E-state index is -0.191. The second-order valence-corrected chi connectivity index (χ2v) is 6.85. The summed E-state index contributed by atoms with van der Waals surface area (Å²) in [7, 11) is 0. The van der Waals surface area contributed by atoms with E-state index in [0.29, 0.717) is 11.9 Å². The van der Waals surface area contributed by atoms with Gasteiger partial charge in [0.05, 0.1) is 5.69 Å². The topological polar surface area (TPSA) is 53.9 Å². The Kier molecular flexibility index (Phi) is 5.34. The Hall–Kier alpha value is -2.86. The van der Waals surface area contributed by atoms with E-state index in [2.05, 4.69) is 20.2 Å². The van der Waals surface area contributed by atoms with E-state index in [9.17, 15) is 4.39 Å². The highest BCUT2D eigenvalue weighted by molar-refractivity contribution is 5.46. The Bertz CT molecular complexity index is 869. The number of halogens is 1. The highest BCUT2D eigenvalue weighted by Gasteiger charge is 2.23. The summed E-state index contributed by atoms with van der Waals surface area (Å²) in [6.45, 7) is 2.83. The van der Waals surface area contributed by atoms with Crippen LogP contribution in [-0.4, -0.2) is 32.9 Å². The lowest BCUT2D eigenvalue weighted by Gasteiger charge is -2.32. The van der Waals surface area contributed by atoms with Crippen molar-refractivity contribution in [2.24, 2.45) is 0 Å². The quantitative estimate of drug-likeness (QED) is 0.738. The van der Waals surface area contributed by atoms with Crippen LogP contribution in [0.3, 0.4) is 0 Å². The molecule has 0 saturated carbocycles. The van der Waals surface area contributed by atoms with Gasteiger partial charge in [0.1, 0.15) is 11.6 Å². The second kappa shape index (κ2) is 8.22. The number of nitrogens with zero attached hydrogens (tertiary/aromatic N) is 4. The first-order valence-corrected chi connectivity index (χ1v) is 9.24. The SMILES string of the molecule is Fc1ccc(CN2CCC[C@H](c3ccnc(Nc4ccccn4)n3)C2)cc1. The summed E-state index contributed by atoms with van der Waals surface area (Å²) < 4.78 is 13.1. The molecule has 0 amide bonds. The maximum Gasteiger partial charge on any atom is 0.228 e. The number of likely N-dealkylation sites (tertiary alicyclic amines) is 1. The van der Waals surface area contributed by atoms with Crippen LogP contribution in [0.15, 0.2) is 60.9 Å². The van der Waals surface area contributed by atoms with Gasteiger partial charge >= 0.3 is 0 Å². The molecule has 1 aromatic carbocycles. The molecule has 3 aromatic rings. The smallest absolute Gasteiger partial charge is 0.228 e. The van der Waals surface area contributed by atoms with Gasteiger partial charge < -0.3 is 5.32 Å². The van der Waals surface area contributed by atoms with Crippen LogP contribution in [0, 0.1) is 5.82 Å². The van der Waals surface area contributed by atoms with Gasteiger partial charge in [0, 0.05) is 31.4 Å². The van der Waals surface area contributed by atoms with Crippen molar-refractivity contribution in [3.63, 3.8) is 0 Å². The van der Waals surface area contributed by atoms with E-state index in [1.165, 1.54) is 12.1 Å². The monoisotopic (exact) mass is 363 g/mol. The molecule has 1 saturated heterocycles. The van der Waals surface area contributed by atoms with Gasteiger partial charge in [-0.1, -0.05) is 18.2 Å². The predicted molar refractivity (Wildman–Crippen MR) is 103 cm³/mol. The molecule has 1 N–H and O–H groups in total. The van der Waals surface area contributed by atoms with Crippen molar-refractivity contribution in [3.05, 3.63) is 78.0 Å². The molecular formula is C21H22FN5. The zero-order valence-corrected chi connectivity index (χ0v) is 15.1. The number of rotatable bonds is 5. The molecule has 0 unspecified atom stereocenters. The summed E-state index contributed by atoms with van der Waals surface area (Å²) in [5.41, 5.74) is 2.18. The lowest BCUT2D eigenvalue weighted by Crippen LogP contribution is -2.34. The second-order valence-electron chi connectivity index (χ2n) is 6.85. The molecule has 0 bridgehead atoms. The van der Waals surface area contributed by atoms with Crippen molar-refractivity contribution < 1.29 is 4.39 Å². The molecule has 0 aliphatic carbocycles. The summed E-state index contributed by atoms with van der Waals surface area (Å²) in [5, 5.41) is 3.16. The maximum absolute atomic E-state index is 13.1. The molecule has 3 heterocycles. The Morgan fingerprint density at radius 2 is 1.93 bits per heavy atom. The first kappa shape index (κ1) is 17.5. The first-order valence-electron chi connectivity index (χ1n) is 9.24. The summed E-state index contributed by atoms with van der Waals surface area (Å²) in [5.74, 6) is 1.48. The fraction of sp³-hybridized carbons (Fsp3) is 0.286. The molecule has 138 valence electrons. The zero-order valence-electron chi connectivity index (χ0n) is 15.1. The van der Waals surface area contributed by atoms with Crippen LogP contribution in [-0.2, 0) is 6.54 Å². The van der Waals surface area contributed by atoms with Gasteiger partial charge in [0.2, 0.25) is 5.95 Å². The van der Waals surface area contributed by atoms with Gasteiger partial charge in [-0.3, -0.25) is 4.90 Å². The fourth-order valence-electron chi connectivity index (χ4n) is 3.50. The third-order valence-electron chi connectivity index (χ3n) is 4.83. The summed E-state index contributed by atoms with van der Waals surface area (Å²) in [4.78, 5) is 15.7. The lowest BCUT2D eigenvalue weighted by atomic mass is 9.94. The van der Waals surface area contributed by atoms with Crippen LogP contribution in [0.2, 0.25) is 0 Å². The van der Waals surface area contributed by atoms with E-state index in [-0.39, 0.29) is 5.82 Å². The number of aromatic nitrogens is 3. The largest absolute Gasteiger partial charge is 0.309 e. The van der Waals surface area contributed by atoms with Crippen molar-refractivity contribution in [1.82, 2.24) is 19.9 Å². The molecule has 5 nitrogen and oxygen atoms in total. The first-order chi connectivity index (χ1) is 13.3. The number of pyridine rings is 1. The van der Waals surface area contributed by atoms with Crippen molar-refractivity contribution in [3.8, 4) is 0 Å². The third kappa shape index (κ3) is 4.65. The van der Waals surface area contributed by atoms with Crippen LogP contribution in [0.4, 0.5) is 16.2 Å². The van der Waals surface area contributed by atoms with E-state index in [0.717, 1.165) is 49.6 Å². The number of benzene rings is 1. The molecule has 1 fully saturated rings. The van der Waals surface area contributed by atoms with Crippen molar-refractivity contribution in [1.29, 1.82) is 0 Å². The molecule has 6 heteroatoms. The molecule has 0 spiro atoms. The average molecular weight is 363 g/mol. The maximum atomic E-state index is 13.1. The third-order valence-corrected chi connectivity index (χ3v) is 4.83. The molecule has 2 aromatic heterocycles. The van der Waals surface area contributed by atoms with Gasteiger partial charge in [-0.15, -0.1) is 0 Å². The summed E-state index contributed by atoms with van der Waals surface area (Å²) >= 11 is 0. The van der Waals surface area contributed by atoms with Crippen LogP contribution in [0.5, 0.6) is 0 Å². The van der Waals surface area contributed by atoms with Gasteiger partial charge in [-0.25, -0.2) is 19.3 Å². The normalized spacial score (nSPS) is 17.6. The molecule has 4 rings (SSSR count). The summed E-state index contributed by atoms with van der Waals surface area (Å²) in [6, 6.07) is 14.5. The van der Waals surface area contributed by atoms with Crippen LogP contribution < -0.4 is 5.32 Å². The minimum Gasteiger partial charge on any atom is -0.309 e. The standard InChI is InChI=1S/C21H22FN5/c22-18-8-6-16(7-9-18)14-27-13-3-4-17(15-27)19-10-12-24-21(25-19)26-20-5-1-2-11-23-20/h1-2,5-12,17H,3-4,13-15H2,(H,23,24,25,26)/t17-/m0/s1. The Balaban J connectivity index is 1.43. The van der Waals surface area contributed by atoms with Crippen LogP contribution in [0.1, 0.15) is 30.0 Å². The van der Waals surface area contributed by atoms with E-state index in [1.807, 2.05) is 36.4 Å². The summed E-state index contributed by atoms with van der Waals surface area (Å²) in [6.07, 6.45) is 5.77. The number of anilines is 2. The molecule has 1 atom stereocenters. The van der Waals surface area contributed by atoms with Crippen molar-refractivity contribution in [2.75, 3.05) is 18.4 Å².